The van der Waals surface area contributed by atoms with Gasteiger partial charge in [-0.1, -0.05) is 24.3 Å². The summed E-state index contributed by atoms with van der Waals surface area (Å²) in [6.45, 7) is 0. The molecule has 0 saturated heterocycles. The van der Waals surface area contributed by atoms with Crippen LogP contribution in [0.3, 0.4) is 0 Å². The normalized spacial score (nSPS) is 11.5. The van der Waals surface area contributed by atoms with Crippen LogP contribution in [-0.2, 0) is 6.18 Å². The number of aromatic hydroxyl groups is 2. The number of pyridine rings is 1. The zero-order valence-corrected chi connectivity index (χ0v) is 12.7. The van der Waals surface area contributed by atoms with Gasteiger partial charge in [0.2, 0.25) is 0 Å². The van der Waals surface area contributed by atoms with Gasteiger partial charge in [-0.3, -0.25) is 0 Å². The molecular formula is C18H13F3N2O2. The van der Waals surface area contributed by atoms with Crippen LogP contribution in [0.15, 0.2) is 54.7 Å². The molecule has 0 amide bonds. The largest absolute Gasteiger partial charge is 0.508 e. The highest BCUT2D eigenvalue weighted by Gasteiger charge is 2.38. The number of aromatic nitrogens is 1. The highest BCUT2D eigenvalue weighted by atomic mass is 19.4. The Kier molecular flexibility index (Phi) is 4.00. The molecule has 0 spiro atoms. The number of benzene rings is 2. The number of halogens is 3. The van der Waals surface area contributed by atoms with Crippen LogP contribution >= 0.6 is 0 Å². The van der Waals surface area contributed by atoms with E-state index in [9.17, 15) is 23.4 Å². The molecule has 0 fully saturated rings. The third kappa shape index (κ3) is 3.21. The molecule has 0 aliphatic rings. The smallest absolute Gasteiger partial charge is 0.417 e. The van der Waals surface area contributed by atoms with E-state index < -0.39 is 11.7 Å². The number of hydrogen-bond donors (Lipinski definition) is 3. The van der Waals surface area contributed by atoms with Crippen LogP contribution in [0.2, 0.25) is 0 Å². The van der Waals surface area contributed by atoms with Crippen molar-refractivity contribution >= 4 is 5.82 Å². The molecule has 128 valence electrons. The van der Waals surface area contributed by atoms with Crippen LogP contribution in [0.5, 0.6) is 11.5 Å². The van der Waals surface area contributed by atoms with Gasteiger partial charge in [-0.2, -0.15) is 13.2 Å². The first kappa shape index (κ1) is 16.6. The monoisotopic (exact) mass is 346 g/mol. The molecule has 2 aromatic carbocycles. The van der Waals surface area contributed by atoms with Crippen molar-refractivity contribution in [2.24, 2.45) is 0 Å². The zero-order valence-electron chi connectivity index (χ0n) is 12.7. The molecule has 3 rings (SSSR count). The third-order valence-corrected chi connectivity index (χ3v) is 3.73. The maximum atomic E-state index is 13.8. The number of nitrogens with zero attached hydrogens (tertiary/aromatic N) is 1. The molecule has 1 aromatic heterocycles. The Morgan fingerprint density at radius 3 is 1.76 bits per heavy atom. The summed E-state index contributed by atoms with van der Waals surface area (Å²) in [5.74, 6) is -0.390. The lowest BCUT2D eigenvalue weighted by molar-refractivity contribution is -0.136. The van der Waals surface area contributed by atoms with Gasteiger partial charge in [0.05, 0.1) is 5.56 Å². The Bertz CT molecular complexity index is 905. The molecule has 0 aliphatic carbocycles. The number of alkyl halides is 3. The number of phenols is 2. The maximum Gasteiger partial charge on any atom is 0.417 e. The van der Waals surface area contributed by atoms with Crippen molar-refractivity contribution < 1.29 is 23.4 Å². The quantitative estimate of drug-likeness (QED) is 0.641. The lowest BCUT2D eigenvalue weighted by atomic mass is 9.93. The van der Waals surface area contributed by atoms with E-state index in [0.29, 0.717) is 0 Å². The zero-order chi connectivity index (χ0) is 18.2. The maximum absolute atomic E-state index is 13.8. The molecular weight excluding hydrogens is 333 g/mol. The number of phenolic OH excluding ortho intramolecular Hbond substituents is 2. The van der Waals surface area contributed by atoms with Gasteiger partial charge in [-0.15, -0.1) is 0 Å². The molecule has 4 nitrogen and oxygen atoms in total. The van der Waals surface area contributed by atoms with Gasteiger partial charge >= 0.3 is 6.18 Å². The fraction of sp³-hybridized carbons (Fsp3) is 0.0556. The van der Waals surface area contributed by atoms with Crippen molar-refractivity contribution in [1.29, 1.82) is 0 Å². The molecule has 25 heavy (non-hydrogen) atoms. The van der Waals surface area contributed by atoms with Gasteiger partial charge in [0.15, 0.2) is 0 Å². The summed E-state index contributed by atoms with van der Waals surface area (Å²) in [6, 6.07) is 10.6. The first-order valence-corrected chi connectivity index (χ1v) is 7.22. The Morgan fingerprint density at radius 1 is 0.800 bits per heavy atom. The van der Waals surface area contributed by atoms with Crippen molar-refractivity contribution in [3.8, 4) is 33.8 Å². The number of anilines is 1. The molecule has 0 atom stereocenters. The van der Waals surface area contributed by atoms with E-state index in [1.807, 2.05) is 0 Å². The lowest BCUT2D eigenvalue weighted by Gasteiger charge is -2.19. The fourth-order valence-electron chi connectivity index (χ4n) is 2.60. The van der Waals surface area contributed by atoms with E-state index in [1.54, 1.807) is 0 Å². The van der Waals surface area contributed by atoms with E-state index in [0.717, 1.165) is 6.20 Å². The summed E-state index contributed by atoms with van der Waals surface area (Å²) in [7, 11) is 0. The van der Waals surface area contributed by atoms with Crippen molar-refractivity contribution in [3.63, 3.8) is 0 Å². The average Bonchev–Trinajstić information content (AvgIpc) is 2.55. The number of hydrogen-bond acceptors (Lipinski definition) is 4. The minimum Gasteiger partial charge on any atom is -0.508 e. The summed E-state index contributed by atoms with van der Waals surface area (Å²) < 4.78 is 41.5. The highest BCUT2D eigenvalue weighted by Crippen LogP contribution is 2.45. The predicted molar refractivity (Wildman–Crippen MR) is 87.9 cm³/mol. The van der Waals surface area contributed by atoms with Gasteiger partial charge in [0, 0.05) is 17.3 Å². The molecule has 0 unspecified atom stereocenters. The molecule has 7 heteroatoms. The van der Waals surface area contributed by atoms with E-state index in [4.69, 9.17) is 5.73 Å². The van der Waals surface area contributed by atoms with Crippen LogP contribution in [0.4, 0.5) is 19.0 Å². The third-order valence-electron chi connectivity index (χ3n) is 3.73. The fourth-order valence-corrected chi connectivity index (χ4v) is 2.60. The van der Waals surface area contributed by atoms with Gasteiger partial charge in [-0.25, -0.2) is 4.98 Å². The predicted octanol–water partition coefficient (Wildman–Crippen LogP) is 4.43. The van der Waals surface area contributed by atoms with Crippen LogP contribution < -0.4 is 5.73 Å². The van der Waals surface area contributed by atoms with Crippen LogP contribution in [0.1, 0.15) is 5.56 Å². The molecule has 0 bridgehead atoms. The van der Waals surface area contributed by atoms with Crippen LogP contribution in [0.25, 0.3) is 22.3 Å². The Morgan fingerprint density at radius 2 is 1.28 bits per heavy atom. The average molecular weight is 346 g/mol. The number of rotatable bonds is 2. The summed E-state index contributed by atoms with van der Waals surface area (Å²) in [6.07, 6.45) is -3.62. The SMILES string of the molecule is Nc1ncc(-c2ccc(O)cc2)c(C(F)(F)F)c1-c1ccc(O)cc1. The van der Waals surface area contributed by atoms with E-state index in [-0.39, 0.29) is 39.6 Å². The van der Waals surface area contributed by atoms with Crippen molar-refractivity contribution in [1.82, 2.24) is 4.98 Å². The Hall–Kier alpha value is -3.22. The van der Waals surface area contributed by atoms with Crippen molar-refractivity contribution in [3.05, 3.63) is 60.3 Å². The van der Waals surface area contributed by atoms with Gasteiger partial charge in [0.1, 0.15) is 17.3 Å². The number of nitrogens with two attached hydrogens (primary N) is 1. The summed E-state index contributed by atoms with van der Waals surface area (Å²) in [4.78, 5) is 3.90. The molecule has 3 aromatic rings. The van der Waals surface area contributed by atoms with Crippen molar-refractivity contribution in [2.75, 3.05) is 5.73 Å². The summed E-state index contributed by atoms with van der Waals surface area (Å²) >= 11 is 0. The highest BCUT2D eigenvalue weighted by molar-refractivity contribution is 5.85. The topological polar surface area (TPSA) is 79.4 Å². The Balaban J connectivity index is 2.32. The lowest BCUT2D eigenvalue weighted by Crippen LogP contribution is -2.12. The second-order valence-electron chi connectivity index (χ2n) is 5.40. The van der Waals surface area contributed by atoms with Gasteiger partial charge < -0.3 is 15.9 Å². The second kappa shape index (κ2) is 6.01. The first-order chi connectivity index (χ1) is 11.8. The molecule has 1 heterocycles. The Labute approximate surface area is 141 Å². The molecule has 0 aliphatic heterocycles. The van der Waals surface area contributed by atoms with Crippen LogP contribution in [0, 0.1) is 0 Å². The summed E-state index contributed by atoms with van der Waals surface area (Å²) in [5, 5.41) is 18.7. The van der Waals surface area contributed by atoms with E-state index in [1.165, 1.54) is 48.5 Å². The second-order valence-corrected chi connectivity index (χ2v) is 5.40. The minimum atomic E-state index is -4.68. The van der Waals surface area contributed by atoms with Gasteiger partial charge in [-0.05, 0) is 35.4 Å². The summed E-state index contributed by atoms with van der Waals surface area (Å²) in [5.41, 5.74) is 4.86. The van der Waals surface area contributed by atoms with Gasteiger partial charge in [0.25, 0.3) is 0 Å². The minimum absolute atomic E-state index is 0.0560. The standard InChI is InChI=1S/C18H13F3N2O2/c19-18(20,21)16-14(10-1-5-12(24)6-2-10)9-23-17(22)15(16)11-3-7-13(25)8-4-11/h1-9,24-25H,(H2,22,23). The van der Waals surface area contributed by atoms with E-state index in [2.05, 4.69) is 4.98 Å². The van der Waals surface area contributed by atoms with E-state index >= 15 is 0 Å². The van der Waals surface area contributed by atoms with Crippen molar-refractivity contribution in [2.45, 2.75) is 6.18 Å². The van der Waals surface area contributed by atoms with Crippen LogP contribution in [-0.4, -0.2) is 15.2 Å². The first-order valence-electron chi connectivity index (χ1n) is 7.22. The molecule has 0 saturated carbocycles. The molecule has 0 radical (unpaired) electrons. The number of nitrogen functional groups attached to an aromatic ring is 1. The molecule has 4 N–H and O–H groups in total.